The molecule has 0 N–H and O–H groups in total. The summed E-state index contributed by atoms with van der Waals surface area (Å²) in [4.78, 5) is 5.70. The van der Waals surface area contributed by atoms with Crippen LogP contribution in [0.25, 0.3) is 0 Å². The van der Waals surface area contributed by atoms with E-state index in [9.17, 15) is 0 Å². The smallest absolute Gasteiger partial charge is 0.0226 e. The topological polar surface area (TPSA) is 6.48 Å². The van der Waals surface area contributed by atoms with Gasteiger partial charge < -0.3 is 0 Å². The Kier molecular flexibility index (Phi) is 3.20. The van der Waals surface area contributed by atoms with Gasteiger partial charge in [0.05, 0.1) is 0 Å². The number of nitrogens with zero attached hydrogens (tertiary/aromatic N) is 2. The lowest BCUT2D eigenvalue weighted by Gasteiger charge is -2.57. The normalized spacial score (nSPS) is 37.8. The molecule has 1 saturated carbocycles. The zero-order valence-electron chi connectivity index (χ0n) is 11.6. The number of fused-ring (bicyclic) bond motifs is 1. The molecule has 3 rings (SSSR count). The molecular weight excluding hydrogens is 208 g/mol. The van der Waals surface area contributed by atoms with Gasteiger partial charge in [-0.25, -0.2) is 0 Å². The predicted molar refractivity (Wildman–Crippen MR) is 72.3 cm³/mol. The Labute approximate surface area is 106 Å². The van der Waals surface area contributed by atoms with Crippen LogP contribution in [-0.4, -0.2) is 47.1 Å². The van der Waals surface area contributed by atoms with Gasteiger partial charge in [-0.05, 0) is 51.5 Å². The van der Waals surface area contributed by atoms with E-state index in [1.807, 2.05) is 0 Å². The van der Waals surface area contributed by atoms with Gasteiger partial charge in [-0.2, -0.15) is 0 Å². The number of rotatable bonds is 3. The molecule has 17 heavy (non-hydrogen) atoms. The Balaban J connectivity index is 1.77. The van der Waals surface area contributed by atoms with Gasteiger partial charge in [-0.15, -0.1) is 0 Å². The average molecular weight is 236 g/mol. The van der Waals surface area contributed by atoms with Crippen molar-refractivity contribution in [2.24, 2.45) is 0 Å². The van der Waals surface area contributed by atoms with E-state index in [2.05, 4.69) is 23.6 Å². The maximum absolute atomic E-state index is 2.93. The summed E-state index contributed by atoms with van der Waals surface area (Å²) in [6.07, 6.45) is 10.00. The molecule has 0 radical (unpaired) electrons. The molecule has 2 heterocycles. The molecule has 0 spiro atoms. The monoisotopic (exact) mass is 236 g/mol. The summed E-state index contributed by atoms with van der Waals surface area (Å²) < 4.78 is 0. The summed E-state index contributed by atoms with van der Waals surface area (Å²) in [5.74, 6) is 0. The van der Waals surface area contributed by atoms with Crippen molar-refractivity contribution in [2.45, 2.75) is 76.4 Å². The van der Waals surface area contributed by atoms with Gasteiger partial charge in [0, 0.05) is 30.7 Å². The van der Waals surface area contributed by atoms with Gasteiger partial charge >= 0.3 is 0 Å². The quantitative estimate of drug-likeness (QED) is 0.743. The van der Waals surface area contributed by atoms with Crippen molar-refractivity contribution in [3.8, 4) is 0 Å². The van der Waals surface area contributed by atoms with Crippen molar-refractivity contribution in [1.29, 1.82) is 0 Å². The molecule has 0 aromatic heterocycles. The summed E-state index contributed by atoms with van der Waals surface area (Å²) >= 11 is 0. The highest BCUT2D eigenvalue weighted by atomic mass is 15.3. The fourth-order valence-corrected chi connectivity index (χ4v) is 4.45. The second-order valence-corrected chi connectivity index (χ2v) is 6.44. The molecular formula is C15H28N2. The molecule has 3 fully saturated rings. The molecule has 2 nitrogen and oxygen atoms in total. The summed E-state index contributed by atoms with van der Waals surface area (Å²) in [6, 6.07) is 1.73. The lowest BCUT2D eigenvalue weighted by atomic mass is 9.72. The molecule has 0 bridgehead atoms. The molecule has 2 heteroatoms. The van der Waals surface area contributed by atoms with Gasteiger partial charge in [0.2, 0.25) is 0 Å². The highest BCUT2D eigenvalue weighted by Gasteiger charge is 2.47. The van der Waals surface area contributed by atoms with Crippen LogP contribution in [-0.2, 0) is 0 Å². The second kappa shape index (κ2) is 4.55. The van der Waals surface area contributed by atoms with Crippen LogP contribution in [0, 0.1) is 0 Å². The van der Waals surface area contributed by atoms with Gasteiger partial charge in [0.15, 0.2) is 0 Å². The van der Waals surface area contributed by atoms with Gasteiger partial charge in [-0.1, -0.05) is 13.8 Å². The van der Waals surface area contributed by atoms with Crippen LogP contribution in [0.4, 0.5) is 0 Å². The molecule has 2 saturated heterocycles. The number of hydrogen-bond donors (Lipinski definition) is 0. The lowest BCUT2D eigenvalue weighted by molar-refractivity contribution is -0.0714. The minimum Gasteiger partial charge on any atom is -0.298 e. The first-order valence-electron chi connectivity index (χ1n) is 7.80. The third-order valence-corrected chi connectivity index (χ3v) is 5.82. The van der Waals surface area contributed by atoms with E-state index in [1.165, 1.54) is 64.6 Å². The third kappa shape index (κ3) is 1.84. The lowest BCUT2D eigenvalue weighted by Crippen LogP contribution is -2.65. The Bertz CT molecular complexity index is 267. The van der Waals surface area contributed by atoms with Crippen LogP contribution in [0.1, 0.15) is 58.8 Å². The number of hydrogen-bond acceptors (Lipinski definition) is 2. The van der Waals surface area contributed by atoms with Crippen LogP contribution >= 0.6 is 0 Å². The minimum atomic E-state index is 0.607. The first kappa shape index (κ1) is 12.0. The van der Waals surface area contributed by atoms with E-state index in [4.69, 9.17) is 0 Å². The van der Waals surface area contributed by atoms with E-state index in [-0.39, 0.29) is 0 Å². The summed E-state index contributed by atoms with van der Waals surface area (Å²) in [6.45, 7) is 8.88. The van der Waals surface area contributed by atoms with Crippen molar-refractivity contribution in [3.63, 3.8) is 0 Å². The molecule has 0 aromatic carbocycles. The van der Waals surface area contributed by atoms with E-state index >= 15 is 0 Å². The molecule has 1 aliphatic carbocycles. The Morgan fingerprint density at radius 3 is 2.53 bits per heavy atom. The van der Waals surface area contributed by atoms with Crippen LogP contribution in [0.5, 0.6) is 0 Å². The van der Waals surface area contributed by atoms with Crippen molar-refractivity contribution in [1.82, 2.24) is 9.80 Å². The third-order valence-electron chi connectivity index (χ3n) is 5.82. The maximum Gasteiger partial charge on any atom is 0.0226 e. The van der Waals surface area contributed by atoms with Gasteiger partial charge in [-0.3, -0.25) is 9.80 Å². The Morgan fingerprint density at radius 2 is 1.94 bits per heavy atom. The van der Waals surface area contributed by atoms with Crippen LogP contribution < -0.4 is 0 Å². The predicted octanol–water partition coefficient (Wildman–Crippen LogP) is 2.88. The molecule has 2 unspecified atom stereocenters. The van der Waals surface area contributed by atoms with Crippen LogP contribution in [0.2, 0.25) is 0 Å². The van der Waals surface area contributed by atoms with E-state index in [0.29, 0.717) is 5.54 Å². The first-order valence-corrected chi connectivity index (χ1v) is 7.80. The SMILES string of the molecule is CCC1CN2CCCC2CN1C1(CC)CCC1. The highest BCUT2D eigenvalue weighted by Crippen LogP contribution is 2.44. The zero-order valence-corrected chi connectivity index (χ0v) is 11.6. The standard InChI is InChI=1S/C15H28N2/c1-3-13-11-16-10-5-7-14(16)12-17(13)15(4-2)8-6-9-15/h13-14H,3-12H2,1-2H3. The van der Waals surface area contributed by atoms with E-state index < -0.39 is 0 Å². The number of piperazine rings is 1. The molecule has 98 valence electrons. The van der Waals surface area contributed by atoms with Crippen molar-refractivity contribution in [3.05, 3.63) is 0 Å². The average Bonchev–Trinajstić information content (AvgIpc) is 2.74. The molecule has 0 aromatic rings. The van der Waals surface area contributed by atoms with Gasteiger partial charge in [0.1, 0.15) is 0 Å². The largest absolute Gasteiger partial charge is 0.298 e. The van der Waals surface area contributed by atoms with E-state index in [1.54, 1.807) is 0 Å². The van der Waals surface area contributed by atoms with Crippen molar-refractivity contribution >= 4 is 0 Å². The Morgan fingerprint density at radius 1 is 1.12 bits per heavy atom. The summed E-state index contributed by atoms with van der Waals surface area (Å²) in [5, 5.41) is 0. The second-order valence-electron chi connectivity index (χ2n) is 6.44. The van der Waals surface area contributed by atoms with Crippen LogP contribution in [0.3, 0.4) is 0 Å². The van der Waals surface area contributed by atoms with Crippen molar-refractivity contribution < 1.29 is 0 Å². The highest BCUT2D eigenvalue weighted by molar-refractivity contribution is 5.04. The summed E-state index contributed by atoms with van der Waals surface area (Å²) in [7, 11) is 0. The molecule has 2 aliphatic heterocycles. The molecule has 2 atom stereocenters. The fourth-order valence-electron chi connectivity index (χ4n) is 4.45. The van der Waals surface area contributed by atoms with E-state index in [0.717, 1.165) is 12.1 Å². The fraction of sp³-hybridized carbons (Fsp3) is 1.00. The maximum atomic E-state index is 2.93. The Hall–Kier alpha value is -0.0800. The minimum absolute atomic E-state index is 0.607. The summed E-state index contributed by atoms with van der Waals surface area (Å²) in [5.41, 5.74) is 0.607. The first-order chi connectivity index (χ1) is 8.29. The zero-order chi connectivity index (χ0) is 11.9. The van der Waals surface area contributed by atoms with Gasteiger partial charge in [0.25, 0.3) is 0 Å². The van der Waals surface area contributed by atoms with Crippen molar-refractivity contribution in [2.75, 3.05) is 19.6 Å². The molecule has 0 amide bonds. The van der Waals surface area contributed by atoms with Crippen LogP contribution in [0.15, 0.2) is 0 Å². The molecule has 3 aliphatic rings.